The number of nitrogens with zero attached hydrogens (tertiary/aromatic N) is 1. The molecule has 0 N–H and O–H groups in total. The van der Waals surface area contributed by atoms with Crippen LogP contribution in [0.3, 0.4) is 0 Å². The summed E-state index contributed by atoms with van der Waals surface area (Å²) in [5, 5.41) is 10.6. The first-order valence-electron chi connectivity index (χ1n) is 5.81. The van der Waals surface area contributed by atoms with Gasteiger partial charge in [-0.05, 0) is 17.7 Å². The van der Waals surface area contributed by atoms with E-state index in [0.29, 0.717) is 17.1 Å². The highest BCUT2D eigenvalue weighted by molar-refractivity contribution is 5.62. The Bertz CT molecular complexity index is 490. The van der Waals surface area contributed by atoms with E-state index >= 15 is 0 Å². The lowest BCUT2D eigenvalue weighted by molar-refractivity contribution is -0.422. The zero-order valence-corrected chi connectivity index (χ0v) is 11.5. The molecule has 6 nitrogen and oxygen atoms in total. The maximum Gasteiger partial charge on any atom is 0.243 e. The van der Waals surface area contributed by atoms with Crippen LogP contribution in [-0.4, -0.2) is 32.4 Å². The molecule has 1 aromatic carbocycles. The summed E-state index contributed by atoms with van der Waals surface area (Å²) in [6.45, 7) is 0.608. The van der Waals surface area contributed by atoms with Crippen LogP contribution in [-0.2, 0) is 0 Å². The molecule has 20 heavy (non-hydrogen) atoms. The first-order valence-corrected chi connectivity index (χ1v) is 5.81. The maximum atomic E-state index is 12.2. The standard InChI is InChI=1S/C13H16FNO5/c1-9(15(16)17)6-10-7-11(18-2)13(20-5-4-14)12(8-10)19-3/h6-8H,4-5H2,1-3H3. The Morgan fingerprint density at radius 1 is 1.35 bits per heavy atom. The number of nitro groups is 1. The minimum Gasteiger partial charge on any atom is -0.493 e. The molecule has 0 atom stereocenters. The van der Waals surface area contributed by atoms with Gasteiger partial charge in [-0.1, -0.05) is 0 Å². The molecule has 0 aromatic heterocycles. The van der Waals surface area contributed by atoms with Gasteiger partial charge >= 0.3 is 0 Å². The van der Waals surface area contributed by atoms with E-state index in [4.69, 9.17) is 14.2 Å². The second-order valence-corrected chi connectivity index (χ2v) is 3.83. The zero-order valence-electron chi connectivity index (χ0n) is 11.5. The van der Waals surface area contributed by atoms with Crippen molar-refractivity contribution in [3.63, 3.8) is 0 Å². The molecule has 0 saturated heterocycles. The predicted molar refractivity (Wildman–Crippen MR) is 71.7 cm³/mol. The molecule has 0 aliphatic rings. The van der Waals surface area contributed by atoms with Crippen LogP contribution in [0.15, 0.2) is 17.8 Å². The van der Waals surface area contributed by atoms with E-state index in [2.05, 4.69) is 0 Å². The highest BCUT2D eigenvalue weighted by atomic mass is 19.1. The number of hydrogen-bond acceptors (Lipinski definition) is 5. The van der Waals surface area contributed by atoms with Crippen LogP contribution in [0.25, 0.3) is 6.08 Å². The normalized spacial score (nSPS) is 11.1. The summed E-state index contributed by atoms with van der Waals surface area (Å²) in [6, 6.07) is 3.12. The Balaban J connectivity index is 3.25. The second kappa shape index (κ2) is 7.32. The van der Waals surface area contributed by atoms with Crippen molar-refractivity contribution in [2.24, 2.45) is 0 Å². The summed E-state index contributed by atoms with van der Waals surface area (Å²) in [6.07, 6.45) is 1.38. The van der Waals surface area contributed by atoms with Gasteiger partial charge in [0, 0.05) is 13.0 Å². The third-order valence-corrected chi connectivity index (χ3v) is 2.47. The van der Waals surface area contributed by atoms with E-state index in [1.54, 1.807) is 12.1 Å². The van der Waals surface area contributed by atoms with E-state index in [1.165, 1.54) is 27.2 Å². The van der Waals surface area contributed by atoms with Gasteiger partial charge in [-0.3, -0.25) is 10.1 Å². The Hall–Kier alpha value is -2.31. The molecule has 0 radical (unpaired) electrons. The van der Waals surface area contributed by atoms with Crippen molar-refractivity contribution in [1.82, 2.24) is 0 Å². The third-order valence-electron chi connectivity index (χ3n) is 2.47. The molecule has 0 saturated carbocycles. The molecular weight excluding hydrogens is 269 g/mol. The van der Waals surface area contributed by atoms with Crippen molar-refractivity contribution in [2.75, 3.05) is 27.5 Å². The van der Waals surface area contributed by atoms with Crippen molar-refractivity contribution < 1.29 is 23.5 Å². The summed E-state index contributed by atoms with van der Waals surface area (Å²) >= 11 is 0. The molecule has 0 unspecified atom stereocenters. The SMILES string of the molecule is COc1cc(C=C(C)[N+](=O)[O-])cc(OC)c1OCCF. The molecule has 0 spiro atoms. The number of rotatable bonds is 7. The van der Waals surface area contributed by atoms with Crippen LogP contribution in [0.4, 0.5) is 4.39 Å². The van der Waals surface area contributed by atoms with E-state index in [0.717, 1.165) is 0 Å². The number of methoxy groups -OCH3 is 2. The topological polar surface area (TPSA) is 70.8 Å². The van der Waals surface area contributed by atoms with Gasteiger partial charge in [0.2, 0.25) is 11.4 Å². The van der Waals surface area contributed by atoms with E-state index in [1.807, 2.05) is 0 Å². The molecule has 1 rings (SSSR count). The first kappa shape index (κ1) is 15.7. The average Bonchev–Trinajstić information content (AvgIpc) is 2.44. The summed E-state index contributed by atoms with van der Waals surface area (Å²) in [5.41, 5.74) is 0.507. The van der Waals surface area contributed by atoms with Gasteiger partial charge in [-0.2, -0.15) is 0 Å². The zero-order chi connectivity index (χ0) is 15.1. The Morgan fingerprint density at radius 2 is 1.90 bits per heavy atom. The van der Waals surface area contributed by atoms with Crippen molar-refractivity contribution in [1.29, 1.82) is 0 Å². The fourth-order valence-corrected chi connectivity index (χ4v) is 1.56. The number of hydrogen-bond donors (Lipinski definition) is 0. The maximum absolute atomic E-state index is 12.2. The molecule has 0 aliphatic heterocycles. The summed E-state index contributed by atoms with van der Waals surface area (Å²) in [5.74, 6) is 0.906. The Kier molecular flexibility index (Phi) is 5.76. The number of benzene rings is 1. The molecule has 0 heterocycles. The molecule has 1 aromatic rings. The third kappa shape index (κ3) is 3.84. The number of allylic oxidation sites excluding steroid dienone is 1. The van der Waals surface area contributed by atoms with E-state index in [9.17, 15) is 14.5 Å². The number of halogens is 1. The van der Waals surface area contributed by atoms with Crippen LogP contribution in [0.5, 0.6) is 17.2 Å². The Morgan fingerprint density at radius 3 is 2.30 bits per heavy atom. The smallest absolute Gasteiger partial charge is 0.243 e. The van der Waals surface area contributed by atoms with Crippen molar-refractivity contribution in [3.8, 4) is 17.2 Å². The number of ether oxygens (including phenoxy) is 3. The monoisotopic (exact) mass is 285 g/mol. The van der Waals surface area contributed by atoms with E-state index < -0.39 is 11.6 Å². The highest BCUT2D eigenvalue weighted by Crippen LogP contribution is 2.39. The summed E-state index contributed by atoms with van der Waals surface area (Å²) in [4.78, 5) is 10.1. The highest BCUT2D eigenvalue weighted by Gasteiger charge is 2.14. The van der Waals surface area contributed by atoms with Gasteiger partial charge < -0.3 is 14.2 Å². The lowest BCUT2D eigenvalue weighted by Gasteiger charge is -2.14. The molecule has 0 amide bonds. The van der Waals surface area contributed by atoms with Crippen molar-refractivity contribution in [2.45, 2.75) is 6.92 Å². The van der Waals surface area contributed by atoms with E-state index in [-0.39, 0.29) is 18.1 Å². The van der Waals surface area contributed by atoms with Gasteiger partial charge in [0.15, 0.2) is 11.5 Å². The van der Waals surface area contributed by atoms with Gasteiger partial charge in [-0.15, -0.1) is 0 Å². The minimum atomic E-state index is -0.644. The quantitative estimate of drug-likeness (QED) is 0.569. The van der Waals surface area contributed by atoms with Gasteiger partial charge in [0.25, 0.3) is 0 Å². The minimum absolute atomic E-state index is 0.0217. The fourth-order valence-electron chi connectivity index (χ4n) is 1.56. The lowest BCUT2D eigenvalue weighted by Crippen LogP contribution is -2.03. The van der Waals surface area contributed by atoms with Crippen LogP contribution >= 0.6 is 0 Å². The average molecular weight is 285 g/mol. The molecule has 0 bridgehead atoms. The lowest BCUT2D eigenvalue weighted by atomic mass is 10.1. The summed E-state index contributed by atoms with van der Waals surface area (Å²) < 4.78 is 27.7. The fraction of sp³-hybridized carbons (Fsp3) is 0.385. The van der Waals surface area contributed by atoms with Crippen LogP contribution in [0, 0.1) is 10.1 Å². The Labute approximate surface area is 115 Å². The van der Waals surface area contributed by atoms with Gasteiger partial charge in [0.05, 0.1) is 19.1 Å². The molecule has 0 fully saturated rings. The molecule has 0 aliphatic carbocycles. The molecular formula is C13H16FNO5. The number of alkyl halides is 1. The van der Waals surface area contributed by atoms with Crippen molar-refractivity contribution in [3.05, 3.63) is 33.5 Å². The van der Waals surface area contributed by atoms with Crippen LogP contribution in [0.2, 0.25) is 0 Å². The van der Waals surface area contributed by atoms with Crippen LogP contribution < -0.4 is 14.2 Å². The first-order chi connectivity index (χ1) is 9.53. The van der Waals surface area contributed by atoms with Crippen LogP contribution in [0.1, 0.15) is 12.5 Å². The second-order valence-electron chi connectivity index (χ2n) is 3.83. The summed E-state index contributed by atoms with van der Waals surface area (Å²) in [7, 11) is 2.84. The van der Waals surface area contributed by atoms with Gasteiger partial charge in [-0.25, -0.2) is 4.39 Å². The molecule has 110 valence electrons. The van der Waals surface area contributed by atoms with Gasteiger partial charge in [0.1, 0.15) is 13.3 Å². The predicted octanol–water partition coefficient (Wildman–Crippen LogP) is 2.69. The largest absolute Gasteiger partial charge is 0.493 e. The van der Waals surface area contributed by atoms with Crippen molar-refractivity contribution >= 4 is 6.08 Å². The molecule has 7 heteroatoms.